The first-order valence-electron chi connectivity index (χ1n) is 5.28. The molecule has 0 atom stereocenters. The normalized spacial score (nSPS) is 11.2. The minimum Gasteiger partial charge on any atom is -0.369 e. The molecule has 0 aliphatic heterocycles. The molecule has 1 heterocycles. The van der Waals surface area contributed by atoms with Gasteiger partial charge in [-0.1, -0.05) is 6.07 Å². The van der Waals surface area contributed by atoms with Crippen molar-refractivity contribution in [2.24, 2.45) is 0 Å². The lowest BCUT2D eigenvalue weighted by molar-refractivity contribution is -0.139. The van der Waals surface area contributed by atoms with Crippen LogP contribution in [0.2, 0.25) is 0 Å². The molecule has 0 aliphatic carbocycles. The van der Waals surface area contributed by atoms with Gasteiger partial charge in [0.05, 0.1) is 0 Å². The molecule has 0 saturated heterocycles. The van der Waals surface area contributed by atoms with Crippen LogP contribution in [0, 0.1) is 0 Å². The van der Waals surface area contributed by atoms with Gasteiger partial charge in [-0.05, 0) is 31.9 Å². The number of amides is 1. The van der Waals surface area contributed by atoms with Gasteiger partial charge in [-0.2, -0.15) is 0 Å². The molecule has 4 heteroatoms. The lowest BCUT2D eigenvalue weighted by Crippen LogP contribution is -2.44. The van der Waals surface area contributed by atoms with Crippen LogP contribution >= 0.6 is 0 Å². The number of nitrogens with zero attached hydrogens (tertiary/aromatic N) is 1. The zero-order chi connectivity index (χ0) is 12.0. The first-order valence-corrected chi connectivity index (χ1v) is 5.28. The van der Waals surface area contributed by atoms with Crippen LogP contribution in [0.5, 0.6) is 0 Å². The molecule has 16 heavy (non-hydrogen) atoms. The van der Waals surface area contributed by atoms with E-state index in [1.807, 2.05) is 12.1 Å². The van der Waals surface area contributed by atoms with Crippen molar-refractivity contribution in [2.45, 2.75) is 25.9 Å². The van der Waals surface area contributed by atoms with Gasteiger partial charge in [0.1, 0.15) is 5.60 Å². The molecule has 0 spiro atoms. The SMILES string of the molecule is COC(C)(C)C(=O)NCCc1cccnc1. The third kappa shape index (κ3) is 3.62. The van der Waals surface area contributed by atoms with Crippen LogP contribution in [-0.2, 0) is 16.0 Å². The van der Waals surface area contributed by atoms with Crippen molar-refractivity contribution < 1.29 is 9.53 Å². The smallest absolute Gasteiger partial charge is 0.251 e. The maximum atomic E-state index is 11.6. The standard InChI is InChI=1S/C12H18N2O2/c1-12(2,16-3)11(15)14-8-6-10-5-4-7-13-9-10/h4-5,7,9H,6,8H2,1-3H3,(H,14,15). The summed E-state index contributed by atoms with van der Waals surface area (Å²) in [5, 5.41) is 2.83. The Labute approximate surface area is 96.0 Å². The van der Waals surface area contributed by atoms with Gasteiger partial charge in [-0.3, -0.25) is 9.78 Å². The number of pyridine rings is 1. The Bertz CT molecular complexity index is 336. The van der Waals surface area contributed by atoms with Crippen molar-refractivity contribution >= 4 is 5.91 Å². The molecule has 0 aromatic carbocycles. The number of ether oxygens (including phenoxy) is 1. The van der Waals surface area contributed by atoms with E-state index in [4.69, 9.17) is 4.74 Å². The summed E-state index contributed by atoms with van der Waals surface area (Å²) >= 11 is 0. The first kappa shape index (κ1) is 12.6. The van der Waals surface area contributed by atoms with Gasteiger partial charge in [0.15, 0.2) is 0 Å². The highest BCUT2D eigenvalue weighted by Gasteiger charge is 2.26. The summed E-state index contributed by atoms with van der Waals surface area (Å²) in [5.74, 6) is -0.0982. The first-order chi connectivity index (χ1) is 7.56. The van der Waals surface area contributed by atoms with Crippen molar-refractivity contribution in [3.8, 4) is 0 Å². The molecule has 4 nitrogen and oxygen atoms in total. The Morgan fingerprint density at radius 2 is 2.31 bits per heavy atom. The van der Waals surface area contributed by atoms with Crippen LogP contribution < -0.4 is 5.32 Å². The fraction of sp³-hybridized carbons (Fsp3) is 0.500. The summed E-state index contributed by atoms with van der Waals surface area (Å²) in [6, 6.07) is 3.87. The van der Waals surface area contributed by atoms with E-state index in [2.05, 4.69) is 10.3 Å². The van der Waals surface area contributed by atoms with E-state index in [1.165, 1.54) is 7.11 Å². The monoisotopic (exact) mass is 222 g/mol. The molecule has 1 amide bonds. The molecule has 0 saturated carbocycles. The van der Waals surface area contributed by atoms with E-state index in [9.17, 15) is 4.79 Å². The second-order valence-corrected chi connectivity index (χ2v) is 4.08. The predicted molar refractivity (Wildman–Crippen MR) is 62.0 cm³/mol. The molecule has 0 radical (unpaired) electrons. The molecular weight excluding hydrogens is 204 g/mol. The largest absolute Gasteiger partial charge is 0.369 e. The van der Waals surface area contributed by atoms with Crippen LogP contribution in [0.1, 0.15) is 19.4 Å². The fourth-order valence-electron chi connectivity index (χ4n) is 1.17. The summed E-state index contributed by atoms with van der Waals surface area (Å²) in [4.78, 5) is 15.6. The van der Waals surface area contributed by atoms with Gasteiger partial charge < -0.3 is 10.1 Å². The summed E-state index contributed by atoms with van der Waals surface area (Å²) in [6.07, 6.45) is 4.31. The average molecular weight is 222 g/mol. The Hall–Kier alpha value is -1.42. The topological polar surface area (TPSA) is 51.2 Å². The van der Waals surface area contributed by atoms with Gasteiger partial charge in [0, 0.05) is 26.0 Å². The van der Waals surface area contributed by atoms with Gasteiger partial charge in [-0.15, -0.1) is 0 Å². The highest BCUT2D eigenvalue weighted by molar-refractivity contribution is 5.84. The average Bonchev–Trinajstić information content (AvgIpc) is 2.30. The molecule has 0 aliphatic rings. The third-order valence-corrected chi connectivity index (χ3v) is 2.48. The fourth-order valence-corrected chi connectivity index (χ4v) is 1.17. The van der Waals surface area contributed by atoms with Crippen LogP contribution in [0.4, 0.5) is 0 Å². The van der Waals surface area contributed by atoms with Crippen molar-refractivity contribution in [1.82, 2.24) is 10.3 Å². The van der Waals surface area contributed by atoms with Crippen LogP contribution in [0.15, 0.2) is 24.5 Å². The van der Waals surface area contributed by atoms with Gasteiger partial charge in [-0.25, -0.2) is 0 Å². The van der Waals surface area contributed by atoms with Crippen molar-refractivity contribution in [3.63, 3.8) is 0 Å². The quantitative estimate of drug-likeness (QED) is 0.813. The molecule has 1 N–H and O–H groups in total. The van der Waals surface area contributed by atoms with Crippen LogP contribution in [0.3, 0.4) is 0 Å². The summed E-state index contributed by atoms with van der Waals surface area (Å²) in [7, 11) is 1.53. The Morgan fingerprint density at radius 1 is 1.56 bits per heavy atom. The summed E-state index contributed by atoms with van der Waals surface area (Å²) < 4.78 is 5.08. The second kappa shape index (κ2) is 5.61. The van der Waals surface area contributed by atoms with E-state index in [1.54, 1.807) is 26.2 Å². The Balaban J connectivity index is 2.34. The zero-order valence-corrected chi connectivity index (χ0v) is 9.99. The second-order valence-electron chi connectivity index (χ2n) is 4.08. The number of nitrogens with one attached hydrogen (secondary N) is 1. The highest BCUT2D eigenvalue weighted by Crippen LogP contribution is 2.06. The van der Waals surface area contributed by atoms with E-state index in [0.29, 0.717) is 6.54 Å². The van der Waals surface area contributed by atoms with E-state index < -0.39 is 5.60 Å². The third-order valence-electron chi connectivity index (χ3n) is 2.48. The van der Waals surface area contributed by atoms with Gasteiger partial charge in [0.25, 0.3) is 5.91 Å². The number of methoxy groups -OCH3 is 1. The van der Waals surface area contributed by atoms with E-state index in [0.717, 1.165) is 12.0 Å². The van der Waals surface area contributed by atoms with Gasteiger partial charge in [0.2, 0.25) is 0 Å². The van der Waals surface area contributed by atoms with Crippen molar-refractivity contribution in [2.75, 3.05) is 13.7 Å². The minimum absolute atomic E-state index is 0.0982. The Kier molecular flexibility index (Phi) is 4.43. The lowest BCUT2D eigenvalue weighted by atomic mass is 10.1. The summed E-state index contributed by atoms with van der Waals surface area (Å²) in [5.41, 5.74) is 0.340. The molecule has 1 aromatic heterocycles. The van der Waals surface area contributed by atoms with E-state index in [-0.39, 0.29) is 5.91 Å². The highest BCUT2D eigenvalue weighted by atomic mass is 16.5. The number of carbonyl (C=O) groups is 1. The number of hydrogen-bond donors (Lipinski definition) is 1. The molecule has 0 unspecified atom stereocenters. The van der Waals surface area contributed by atoms with E-state index >= 15 is 0 Å². The number of aromatic nitrogens is 1. The maximum absolute atomic E-state index is 11.6. The molecular formula is C12H18N2O2. The number of rotatable bonds is 5. The zero-order valence-electron chi connectivity index (χ0n) is 9.99. The molecule has 1 aromatic rings. The molecule has 1 rings (SSSR count). The maximum Gasteiger partial charge on any atom is 0.251 e. The molecule has 88 valence electrons. The lowest BCUT2D eigenvalue weighted by Gasteiger charge is -2.21. The molecule has 0 bridgehead atoms. The van der Waals surface area contributed by atoms with Gasteiger partial charge >= 0.3 is 0 Å². The van der Waals surface area contributed by atoms with Crippen LogP contribution in [-0.4, -0.2) is 30.1 Å². The summed E-state index contributed by atoms with van der Waals surface area (Å²) in [6.45, 7) is 4.08. The predicted octanol–water partition coefficient (Wildman–Crippen LogP) is 1.17. The number of carbonyl (C=O) groups excluding carboxylic acids is 1. The minimum atomic E-state index is -0.769. The Morgan fingerprint density at radius 3 is 2.88 bits per heavy atom. The van der Waals surface area contributed by atoms with Crippen molar-refractivity contribution in [1.29, 1.82) is 0 Å². The van der Waals surface area contributed by atoms with Crippen LogP contribution in [0.25, 0.3) is 0 Å². The molecule has 0 fully saturated rings. The van der Waals surface area contributed by atoms with Crippen molar-refractivity contribution in [3.05, 3.63) is 30.1 Å². The number of hydrogen-bond acceptors (Lipinski definition) is 3.